The third-order valence-electron chi connectivity index (χ3n) is 3.27. The van der Waals surface area contributed by atoms with Crippen LogP contribution in [0.15, 0.2) is 17.0 Å². The first-order chi connectivity index (χ1) is 9.54. The smallest absolute Gasteiger partial charge is 0.326 e. The maximum atomic E-state index is 13.9. The van der Waals surface area contributed by atoms with Gasteiger partial charge in [-0.05, 0) is 25.0 Å². The maximum Gasteiger partial charge on any atom is 0.407 e. The molecule has 0 spiro atoms. The molecule has 0 radical (unpaired) electrons. The highest BCUT2D eigenvalue weighted by atomic mass is 32.2. The minimum Gasteiger partial charge on any atom is -0.326 e. The van der Waals surface area contributed by atoms with E-state index in [-0.39, 0.29) is 0 Å². The van der Waals surface area contributed by atoms with Gasteiger partial charge in [0.2, 0.25) is 10.0 Å². The number of rotatable bonds is 4. The predicted molar refractivity (Wildman–Crippen MR) is 62.6 cm³/mol. The Morgan fingerprint density at radius 3 is 2.24 bits per heavy atom. The zero-order chi connectivity index (χ0) is 16.1. The van der Waals surface area contributed by atoms with E-state index in [4.69, 9.17) is 5.73 Å². The van der Waals surface area contributed by atoms with Crippen LogP contribution in [0.25, 0.3) is 0 Å². The number of alkyl halides is 3. The van der Waals surface area contributed by atoms with Gasteiger partial charge in [-0.15, -0.1) is 0 Å². The third kappa shape index (κ3) is 2.74. The number of nitrogens with two attached hydrogens (primary N) is 1. The molecule has 0 atom stereocenters. The lowest BCUT2D eigenvalue weighted by atomic mass is 10.2. The van der Waals surface area contributed by atoms with Crippen molar-refractivity contribution in [1.82, 2.24) is 4.72 Å². The molecule has 0 aromatic heterocycles. The Balaban J connectivity index is 2.43. The first kappa shape index (κ1) is 16.1. The molecule has 0 unspecified atom stereocenters. The molecule has 0 saturated heterocycles. The van der Waals surface area contributed by atoms with Gasteiger partial charge in [0, 0.05) is 12.1 Å². The standard InChI is InChI=1S/C11H11F5N2O2S/c12-7-1-2-8(9(13)6(7)5-17)21(19,20)18-10(3-4-10)11(14,15)16/h1-2,18H,3-5,17H2. The van der Waals surface area contributed by atoms with E-state index in [2.05, 4.69) is 0 Å². The molecule has 2 rings (SSSR count). The molecule has 0 aliphatic heterocycles. The van der Waals surface area contributed by atoms with E-state index in [0.29, 0.717) is 12.1 Å². The molecule has 118 valence electrons. The van der Waals surface area contributed by atoms with E-state index < -0.39 is 63.2 Å². The number of benzene rings is 1. The fraction of sp³-hybridized carbons (Fsp3) is 0.455. The summed E-state index contributed by atoms with van der Waals surface area (Å²) in [4.78, 5) is -1.06. The fourth-order valence-corrected chi connectivity index (χ4v) is 3.40. The van der Waals surface area contributed by atoms with Gasteiger partial charge in [0.25, 0.3) is 0 Å². The van der Waals surface area contributed by atoms with Crippen LogP contribution in [-0.2, 0) is 16.6 Å². The maximum absolute atomic E-state index is 13.9. The highest BCUT2D eigenvalue weighted by Crippen LogP contribution is 2.49. The summed E-state index contributed by atoms with van der Waals surface area (Å²) >= 11 is 0. The summed E-state index contributed by atoms with van der Waals surface area (Å²) in [6, 6.07) is 1.21. The zero-order valence-corrected chi connectivity index (χ0v) is 11.3. The van der Waals surface area contributed by atoms with Crippen LogP contribution in [0, 0.1) is 11.6 Å². The topological polar surface area (TPSA) is 72.2 Å². The van der Waals surface area contributed by atoms with Crippen molar-refractivity contribution in [2.75, 3.05) is 0 Å². The number of halogens is 5. The van der Waals surface area contributed by atoms with Crippen molar-refractivity contribution >= 4 is 10.0 Å². The summed E-state index contributed by atoms with van der Waals surface area (Å²) in [6.45, 7) is -0.620. The van der Waals surface area contributed by atoms with Gasteiger partial charge in [-0.3, -0.25) is 0 Å². The molecule has 1 saturated carbocycles. The van der Waals surface area contributed by atoms with Gasteiger partial charge in [0.1, 0.15) is 16.3 Å². The van der Waals surface area contributed by atoms with E-state index in [9.17, 15) is 30.4 Å². The molecule has 0 amide bonds. The summed E-state index contributed by atoms with van der Waals surface area (Å²) in [7, 11) is -4.79. The Kier molecular flexibility index (Phi) is 3.75. The molecular formula is C11H11F5N2O2S. The van der Waals surface area contributed by atoms with Crippen LogP contribution in [-0.4, -0.2) is 20.1 Å². The molecule has 4 nitrogen and oxygen atoms in total. The average molecular weight is 330 g/mol. The average Bonchev–Trinajstić information content (AvgIpc) is 3.08. The van der Waals surface area contributed by atoms with E-state index >= 15 is 0 Å². The predicted octanol–water partition coefficient (Wildman–Crippen LogP) is 1.80. The van der Waals surface area contributed by atoms with Crippen molar-refractivity contribution in [2.24, 2.45) is 5.73 Å². The van der Waals surface area contributed by atoms with E-state index in [1.807, 2.05) is 0 Å². The summed E-state index contributed by atoms with van der Waals surface area (Å²) in [5.41, 5.74) is 1.82. The van der Waals surface area contributed by atoms with Crippen LogP contribution in [0.4, 0.5) is 22.0 Å². The highest BCUT2D eigenvalue weighted by Gasteiger charge is 2.65. The minimum atomic E-state index is -4.79. The van der Waals surface area contributed by atoms with Crippen molar-refractivity contribution in [3.8, 4) is 0 Å². The number of hydrogen-bond donors (Lipinski definition) is 2. The van der Waals surface area contributed by atoms with Crippen molar-refractivity contribution in [1.29, 1.82) is 0 Å². The number of nitrogens with one attached hydrogen (secondary N) is 1. The van der Waals surface area contributed by atoms with Gasteiger partial charge < -0.3 is 5.73 Å². The summed E-state index contributed by atoms with van der Waals surface area (Å²) in [5, 5.41) is 0. The van der Waals surface area contributed by atoms with Crippen LogP contribution in [0.3, 0.4) is 0 Å². The Morgan fingerprint density at radius 2 is 1.81 bits per heavy atom. The molecule has 1 aromatic carbocycles. The zero-order valence-electron chi connectivity index (χ0n) is 10.5. The number of hydrogen-bond acceptors (Lipinski definition) is 3. The first-order valence-electron chi connectivity index (χ1n) is 5.82. The molecule has 10 heteroatoms. The second kappa shape index (κ2) is 4.89. The van der Waals surface area contributed by atoms with Gasteiger partial charge in [-0.2, -0.15) is 17.9 Å². The molecule has 0 heterocycles. The van der Waals surface area contributed by atoms with Crippen molar-refractivity contribution in [3.05, 3.63) is 29.3 Å². The fourth-order valence-electron chi connectivity index (χ4n) is 1.85. The van der Waals surface area contributed by atoms with Crippen LogP contribution in [0.5, 0.6) is 0 Å². The lowest BCUT2D eigenvalue weighted by molar-refractivity contribution is -0.160. The minimum absolute atomic E-state index is 0.428. The molecule has 3 N–H and O–H groups in total. The molecule has 21 heavy (non-hydrogen) atoms. The Bertz CT molecular complexity index is 668. The quantitative estimate of drug-likeness (QED) is 0.827. The molecule has 1 aliphatic carbocycles. The first-order valence-corrected chi connectivity index (χ1v) is 7.30. The van der Waals surface area contributed by atoms with Crippen LogP contribution < -0.4 is 10.5 Å². The second-order valence-electron chi connectivity index (χ2n) is 4.73. The molecule has 1 aliphatic rings. The van der Waals surface area contributed by atoms with Crippen LogP contribution >= 0.6 is 0 Å². The van der Waals surface area contributed by atoms with Crippen molar-refractivity contribution in [2.45, 2.75) is 36.0 Å². The van der Waals surface area contributed by atoms with E-state index in [1.165, 1.54) is 4.72 Å². The molecule has 1 fully saturated rings. The van der Waals surface area contributed by atoms with E-state index in [1.54, 1.807) is 0 Å². The number of sulfonamides is 1. The Hall–Kier alpha value is -1.26. The molecule has 0 bridgehead atoms. The Labute approximate surface area is 117 Å². The Morgan fingerprint density at radius 1 is 1.24 bits per heavy atom. The summed E-state index contributed by atoms with van der Waals surface area (Å²) in [6.07, 6.45) is -5.64. The van der Waals surface area contributed by atoms with Crippen molar-refractivity contribution in [3.63, 3.8) is 0 Å². The lowest BCUT2D eigenvalue weighted by Crippen LogP contribution is -2.47. The highest BCUT2D eigenvalue weighted by molar-refractivity contribution is 7.89. The SMILES string of the molecule is NCc1c(F)ccc(S(=O)(=O)NC2(C(F)(F)F)CC2)c1F. The second-order valence-corrected chi connectivity index (χ2v) is 6.38. The molecule has 1 aromatic rings. The van der Waals surface area contributed by atoms with Gasteiger partial charge >= 0.3 is 6.18 Å². The van der Waals surface area contributed by atoms with Crippen molar-refractivity contribution < 1.29 is 30.4 Å². The normalized spacial score (nSPS) is 17.8. The van der Waals surface area contributed by atoms with Crippen LogP contribution in [0.1, 0.15) is 18.4 Å². The van der Waals surface area contributed by atoms with Gasteiger partial charge in [0.15, 0.2) is 5.82 Å². The lowest BCUT2D eigenvalue weighted by Gasteiger charge is -2.21. The van der Waals surface area contributed by atoms with Gasteiger partial charge in [-0.25, -0.2) is 17.2 Å². The van der Waals surface area contributed by atoms with Gasteiger partial charge in [0.05, 0.1) is 0 Å². The third-order valence-corrected chi connectivity index (χ3v) is 4.82. The van der Waals surface area contributed by atoms with Gasteiger partial charge in [-0.1, -0.05) is 0 Å². The summed E-state index contributed by atoms with van der Waals surface area (Å²) < 4.78 is 90.7. The van der Waals surface area contributed by atoms with Crippen LogP contribution in [0.2, 0.25) is 0 Å². The monoisotopic (exact) mass is 330 g/mol. The van der Waals surface area contributed by atoms with E-state index in [0.717, 1.165) is 0 Å². The summed E-state index contributed by atoms with van der Waals surface area (Å²) in [5.74, 6) is -2.55. The molecular weight excluding hydrogens is 319 g/mol. The largest absolute Gasteiger partial charge is 0.407 e.